The molecule has 1 aliphatic heterocycles. The van der Waals surface area contributed by atoms with Crippen LogP contribution < -0.4 is 15.2 Å². The van der Waals surface area contributed by atoms with Crippen LogP contribution in [-0.4, -0.2) is 51.4 Å². The molecule has 0 unspecified atom stereocenters. The number of rotatable bonds is 6. The van der Waals surface area contributed by atoms with Gasteiger partial charge in [0.2, 0.25) is 10.0 Å². The van der Waals surface area contributed by atoms with Crippen LogP contribution in [0.1, 0.15) is 6.42 Å². The van der Waals surface area contributed by atoms with Crippen molar-refractivity contribution in [3.05, 3.63) is 24.3 Å². The van der Waals surface area contributed by atoms with Crippen molar-refractivity contribution < 1.29 is 27.8 Å². The van der Waals surface area contributed by atoms with Gasteiger partial charge in [-0.25, -0.2) is 13.1 Å². The van der Waals surface area contributed by atoms with Gasteiger partial charge in [0.25, 0.3) is 5.91 Å². The normalized spacial score (nSPS) is 22.2. The van der Waals surface area contributed by atoms with Gasteiger partial charge in [0.1, 0.15) is 5.75 Å². The van der Waals surface area contributed by atoms with Gasteiger partial charge in [-0.1, -0.05) is 0 Å². The molecule has 0 saturated carbocycles. The average Bonchev–Trinajstić information content (AvgIpc) is 2.48. The first-order valence-electron chi connectivity index (χ1n) is 6.68. The second-order valence-corrected chi connectivity index (χ2v) is 6.60. The van der Waals surface area contributed by atoms with Crippen LogP contribution in [0.2, 0.25) is 0 Å². The van der Waals surface area contributed by atoms with Crippen LogP contribution in [0.25, 0.3) is 0 Å². The number of sulfonamides is 1. The molecule has 1 aromatic rings. The van der Waals surface area contributed by atoms with Crippen LogP contribution in [-0.2, 0) is 19.6 Å². The summed E-state index contributed by atoms with van der Waals surface area (Å²) in [5, 5.41) is 9.73. The highest BCUT2D eigenvalue weighted by molar-refractivity contribution is 7.89. The fourth-order valence-electron chi connectivity index (χ4n) is 2.00. The van der Waals surface area contributed by atoms with E-state index < -0.39 is 28.1 Å². The molecule has 0 spiro atoms. The van der Waals surface area contributed by atoms with E-state index >= 15 is 0 Å². The molecule has 22 heavy (non-hydrogen) atoms. The Kier molecular flexibility index (Phi) is 5.35. The van der Waals surface area contributed by atoms with Crippen molar-refractivity contribution in [3.63, 3.8) is 0 Å². The van der Waals surface area contributed by atoms with Gasteiger partial charge in [-0.3, -0.25) is 4.79 Å². The lowest BCUT2D eigenvalue weighted by Gasteiger charge is -2.28. The quantitative estimate of drug-likeness (QED) is 0.612. The summed E-state index contributed by atoms with van der Waals surface area (Å²) < 4.78 is 37.1. The third kappa shape index (κ3) is 4.41. The molecule has 1 heterocycles. The van der Waals surface area contributed by atoms with Crippen LogP contribution in [0, 0.1) is 0 Å². The van der Waals surface area contributed by atoms with Crippen molar-refractivity contribution in [2.24, 2.45) is 5.73 Å². The molecule has 2 atom stereocenters. The van der Waals surface area contributed by atoms with Crippen LogP contribution in [0.15, 0.2) is 29.2 Å². The molecule has 8 nitrogen and oxygen atoms in total. The molecule has 1 amide bonds. The molecule has 1 aliphatic rings. The summed E-state index contributed by atoms with van der Waals surface area (Å²) in [7, 11) is -3.75. The van der Waals surface area contributed by atoms with Gasteiger partial charge >= 0.3 is 0 Å². The number of nitrogens with two attached hydrogens (primary N) is 1. The smallest absolute Gasteiger partial charge is 0.255 e. The summed E-state index contributed by atoms with van der Waals surface area (Å²) >= 11 is 0. The SMILES string of the molecule is NC(=O)COc1ccc(S(=O)(=O)N[C@@H]2CCOC[C@H]2O)cc1. The molecule has 1 saturated heterocycles. The number of hydrogen-bond donors (Lipinski definition) is 3. The summed E-state index contributed by atoms with van der Waals surface area (Å²) in [5.74, 6) is -0.282. The topological polar surface area (TPSA) is 128 Å². The highest BCUT2D eigenvalue weighted by Crippen LogP contribution is 2.18. The van der Waals surface area contributed by atoms with Crippen molar-refractivity contribution in [1.82, 2.24) is 4.72 Å². The van der Waals surface area contributed by atoms with E-state index in [-0.39, 0.29) is 18.1 Å². The highest BCUT2D eigenvalue weighted by Gasteiger charge is 2.28. The van der Waals surface area contributed by atoms with E-state index in [1.807, 2.05) is 0 Å². The van der Waals surface area contributed by atoms with Crippen molar-refractivity contribution in [2.75, 3.05) is 19.8 Å². The molecular weight excluding hydrogens is 312 g/mol. The Labute approximate surface area is 128 Å². The maximum atomic E-state index is 12.2. The van der Waals surface area contributed by atoms with Crippen LogP contribution in [0.3, 0.4) is 0 Å². The van der Waals surface area contributed by atoms with Crippen molar-refractivity contribution >= 4 is 15.9 Å². The monoisotopic (exact) mass is 330 g/mol. The molecule has 9 heteroatoms. The second kappa shape index (κ2) is 7.05. The van der Waals surface area contributed by atoms with Crippen molar-refractivity contribution in [1.29, 1.82) is 0 Å². The Hall–Kier alpha value is -1.68. The van der Waals surface area contributed by atoms with Gasteiger partial charge < -0.3 is 20.3 Å². The van der Waals surface area contributed by atoms with Gasteiger partial charge in [-0.05, 0) is 30.7 Å². The summed E-state index contributed by atoms with van der Waals surface area (Å²) in [4.78, 5) is 10.6. The van der Waals surface area contributed by atoms with E-state index in [0.717, 1.165) is 0 Å². The molecule has 0 aliphatic carbocycles. The first kappa shape index (κ1) is 16.7. The summed E-state index contributed by atoms with van der Waals surface area (Å²) in [6.07, 6.45) is -0.470. The fraction of sp³-hybridized carbons (Fsp3) is 0.462. The van der Waals surface area contributed by atoms with Crippen LogP contribution in [0.5, 0.6) is 5.75 Å². The molecular formula is C13H18N2O6S. The van der Waals surface area contributed by atoms with Gasteiger partial charge in [-0.15, -0.1) is 0 Å². The Morgan fingerprint density at radius 1 is 1.41 bits per heavy atom. The Morgan fingerprint density at radius 3 is 2.68 bits per heavy atom. The van der Waals surface area contributed by atoms with Crippen LogP contribution >= 0.6 is 0 Å². The summed E-state index contributed by atoms with van der Waals surface area (Å²) in [6.45, 7) is 0.218. The molecule has 0 aromatic heterocycles. The molecule has 0 radical (unpaired) electrons. The average molecular weight is 330 g/mol. The number of benzene rings is 1. The lowest BCUT2D eigenvalue weighted by atomic mass is 10.1. The fourth-order valence-corrected chi connectivity index (χ4v) is 3.30. The predicted octanol–water partition coefficient (Wildman–Crippen LogP) is -1.02. The van der Waals surface area contributed by atoms with Gasteiger partial charge in [0.05, 0.1) is 23.6 Å². The Morgan fingerprint density at radius 2 is 2.09 bits per heavy atom. The van der Waals surface area contributed by atoms with E-state index in [4.69, 9.17) is 15.2 Å². The maximum Gasteiger partial charge on any atom is 0.255 e. The summed E-state index contributed by atoms with van der Waals surface area (Å²) in [5.41, 5.74) is 4.95. The van der Waals surface area contributed by atoms with Gasteiger partial charge in [-0.2, -0.15) is 0 Å². The largest absolute Gasteiger partial charge is 0.484 e. The number of carbonyl (C=O) groups is 1. The van der Waals surface area contributed by atoms with Crippen molar-refractivity contribution in [2.45, 2.75) is 23.5 Å². The van der Waals surface area contributed by atoms with Gasteiger partial charge in [0, 0.05) is 6.61 Å². The van der Waals surface area contributed by atoms with E-state index in [1.165, 1.54) is 24.3 Å². The van der Waals surface area contributed by atoms with E-state index in [1.54, 1.807) is 0 Å². The van der Waals surface area contributed by atoms with E-state index in [0.29, 0.717) is 18.8 Å². The molecule has 1 aromatic carbocycles. The van der Waals surface area contributed by atoms with Crippen molar-refractivity contribution in [3.8, 4) is 5.75 Å². The Balaban J connectivity index is 2.04. The molecule has 0 bridgehead atoms. The Bertz CT molecular complexity index is 616. The number of aliphatic hydroxyl groups is 1. The molecule has 1 fully saturated rings. The minimum Gasteiger partial charge on any atom is -0.484 e. The number of nitrogens with one attached hydrogen (secondary N) is 1. The number of primary amides is 1. The van der Waals surface area contributed by atoms with E-state index in [2.05, 4.69) is 4.72 Å². The number of aliphatic hydroxyl groups excluding tert-OH is 1. The number of hydrogen-bond acceptors (Lipinski definition) is 6. The van der Waals surface area contributed by atoms with E-state index in [9.17, 15) is 18.3 Å². The number of amides is 1. The zero-order chi connectivity index (χ0) is 16.2. The standard InChI is InChI=1S/C13H18N2O6S/c14-13(17)8-21-9-1-3-10(4-2-9)22(18,19)15-11-5-6-20-7-12(11)16/h1-4,11-12,15-16H,5-8H2,(H2,14,17)/t11-,12-/m1/s1. The summed E-state index contributed by atoms with van der Waals surface area (Å²) in [6, 6.07) is 4.98. The predicted molar refractivity (Wildman–Crippen MR) is 76.7 cm³/mol. The highest BCUT2D eigenvalue weighted by atomic mass is 32.2. The zero-order valence-electron chi connectivity index (χ0n) is 11.8. The maximum absolute atomic E-state index is 12.2. The lowest BCUT2D eigenvalue weighted by molar-refractivity contribution is -0.119. The molecule has 2 rings (SSSR count). The first-order chi connectivity index (χ1) is 10.4. The first-order valence-corrected chi connectivity index (χ1v) is 8.16. The van der Waals surface area contributed by atoms with Gasteiger partial charge in [0.15, 0.2) is 6.61 Å². The second-order valence-electron chi connectivity index (χ2n) is 4.89. The molecule has 122 valence electrons. The number of carbonyl (C=O) groups excluding carboxylic acids is 1. The third-order valence-electron chi connectivity index (χ3n) is 3.15. The minimum atomic E-state index is -3.75. The lowest BCUT2D eigenvalue weighted by Crippen LogP contribution is -2.48. The minimum absolute atomic E-state index is 0.0395. The van der Waals surface area contributed by atoms with Crippen LogP contribution in [0.4, 0.5) is 0 Å². The molecule has 4 N–H and O–H groups in total. The number of ether oxygens (including phenoxy) is 2. The zero-order valence-corrected chi connectivity index (χ0v) is 12.6. The third-order valence-corrected chi connectivity index (χ3v) is 4.65.